The topological polar surface area (TPSA) is 95.7 Å². The van der Waals surface area contributed by atoms with Crippen LogP contribution in [0.1, 0.15) is 72.8 Å². The molecule has 2 amide bonds. The number of nitrogens with two attached hydrogens (primary N) is 1. The molecule has 33 heavy (non-hydrogen) atoms. The summed E-state index contributed by atoms with van der Waals surface area (Å²) in [6.45, 7) is 14.1. The van der Waals surface area contributed by atoms with Crippen molar-refractivity contribution in [3.8, 4) is 0 Å². The van der Waals surface area contributed by atoms with Gasteiger partial charge in [0.1, 0.15) is 11.6 Å². The summed E-state index contributed by atoms with van der Waals surface area (Å²) < 4.78 is 24.4. The minimum Gasteiger partial charge on any atom is -0.389 e. The Balaban J connectivity index is 0. The molecule has 1 aromatic carbocycles. The van der Waals surface area contributed by atoms with Crippen LogP contribution in [0.15, 0.2) is 18.2 Å². The van der Waals surface area contributed by atoms with E-state index in [-0.39, 0.29) is 30.2 Å². The van der Waals surface area contributed by atoms with Crippen molar-refractivity contribution in [1.82, 2.24) is 10.2 Å². The van der Waals surface area contributed by atoms with E-state index in [1.165, 1.54) is 18.6 Å². The first-order valence-corrected chi connectivity index (χ1v) is 11.9. The minimum absolute atomic E-state index is 0.0176. The molecular weight excluding hydrogens is 428 g/mol. The normalized spacial score (nSPS) is 17.3. The van der Waals surface area contributed by atoms with Gasteiger partial charge in [0.2, 0.25) is 11.8 Å². The van der Waals surface area contributed by atoms with Gasteiger partial charge in [-0.2, -0.15) is 0 Å². The van der Waals surface area contributed by atoms with Crippen molar-refractivity contribution in [3.63, 3.8) is 0 Å². The number of nitrogens with zero attached hydrogens (tertiary/aromatic N) is 1. The SMILES string of the molecule is CC.CCC.CCCC(N)C(O)C(C)NC(=O)C1CC(=O)N(C)C1.Cc1cc(F)cc(F)c1. The second-order valence-corrected chi connectivity index (χ2v) is 8.07. The average molecular weight is 474 g/mol. The molecule has 1 fully saturated rings. The van der Waals surface area contributed by atoms with E-state index >= 15 is 0 Å². The van der Waals surface area contributed by atoms with Crippen molar-refractivity contribution in [2.45, 2.75) is 92.3 Å². The second-order valence-electron chi connectivity index (χ2n) is 8.07. The summed E-state index contributed by atoms with van der Waals surface area (Å²) in [7, 11) is 1.69. The number of amides is 2. The Kier molecular flexibility index (Phi) is 18.4. The number of aliphatic hydroxyl groups excluding tert-OH is 1. The number of hydrogen-bond donors (Lipinski definition) is 3. The highest BCUT2D eigenvalue weighted by molar-refractivity contribution is 5.89. The van der Waals surface area contributed by atoms with Crippen LogP contribution in [0.25, 0.3) is 0 Å². The van der Waals surface area contributed by atoms with Crippen molar-refractivity contribution in [2.24, 2.45) is 11.7 Å². The monoisotopic (exact) mass is 473 g/mol. The molecule has 0 bridgehead atoms. The molecule has 0 aliphatic carbocycles. The van der Waals surface area contributed by atoms with Crippen molar-refractivity contribution >= 4 is 11.8 Å². The Morgan fingerprint density at radius 2 is 1.70 bits per heavy atom. The number of aliphatic hydroxyl groups is 1. The molecule has 2 rings (SSSR count). The third kappa shape index (κ3) is 13.9. The van der Waals surface area contributed by atoms with Crippen LogP contribution in [0.2, 0.25) is 0 Å². The Morgan fingerprint density at radius 1 is 1.21 bits per heavy atom. The van der Waals surface area contributed by atoms with E-state index in [1.807, 2.05) is 20.8 Å². The Hall–Kier alpha value is -2.06. The van der Waals surface area contributed by atoms with Gasteiger partial charge in [-0.15, -0.1) is 0 Å². The van der Waals surface area contributed by atoms with E-state index in [1.54, 1.807) is 25.8 Å². The van der Waals surface area contributed by atoms with Crippen molar-refractivity contribution in [1.29, 1.82) is 0 Å². The number of likely N-dealkylation sites (tertiary alicyclic amines) is 1. The molecule has 1 saturated heterocycles. The Morgan fingerprint density at radius 3 is 2.06 bits per heavy atom. The predicted octanol–water partition coefficient (Wildman–Crippen LogP) is 4.17. The van der Waals surface area contributed by atoms with Crippen molar-refractivity contribution in [3.05, 3.63) is 35.4 Å². The molecule has 1 aliphatic rings. The third-order valence-electron chi connectivity index (χ3n) is 4.66. The minimum atomic E-state index is -0.765. The summed E-state index contributed by atoms with van der Waals surface area (Å²) >= 11 is 0. The standard InChI is InChI=1S/C13H25N3O3.C7H6F2.C3H8.C2H6/c1-4-5-10(14)12(18)8(2)15-13(19)9-6-11(17)16(3)7-9;1-5-2-6(8)4-7(9)3-5;1-3-2;1-2/h8-10,12,18H,4-7,14H2,1-3H3,(H,15,19);2-4H,1H3;3H2,1-2H3;1-2H3. The van der Waals surface area contributed by atoms with Crippen LogP contribution in [-0.4, -0.2) is 53.6 Å². The molecule has 8 heteroatoms. The molecule has 1 aliphatic heterocycles. The lowest BCUT2D eigenvalue weighted by atomic mass is 10.00. The zero-order valence-corrected chi connectivity index (χ0v) is 21.6. The van der Waals surface area contributed by atoms with E-state index < -0.39 is 23.8 Å². The Labute approximate surface area is 198 Å². The van der Waals surface area contributed by atoms with Crippen LogP contribution in [-0.2, 0) is 9.59 Å². The number of carbonyl (C=O) groups excluding carboxylic acids is 2. The molecule has 0 radical (unpaired) electrons. The first-order valence-electron chi connectivity index (χ1n) is 11.9. The first kappa shape index (κ1) is 33.1. The van der Waals surface area contributed by atoms with E-state index in [2.05, 4.69) is 19.2 Å². The maximum absolute atomic E-state index is 12.2. The van der Waals surface area contributed by atoms with E-state index in [0.717, 1.165) is 12.5 Å². The van der Waals surface area contributed by atoms with Crippen LogP contribution in [0.4, 0.5) is 8.78 Å². The highest BCUT2D eigenvalue weighted by atomic mass is 19.1. The van der Waals surface area contributed by atoms with Gasteiger partial charge in [-0.05, 0) is 38.0 Å². The van der Waals surface area contributed by atoms with Crippen molar-refractivity contribution < 1.29 is 23.5 Å². The van der Waals surface area contributed by atoms with Gasteiger partial charge in [0.15, 0.2) is 0 Å². The zero-order chi connectivity index (χ0) is 26.1. The summed E-state index contributed by atoms with van der Waals surface area (Å²) in [5.74, 6) is -1.57. The Bertz CT molecular complexity index is 638. The molecule has 6 nitrogen and oxygen atoms in total. The zero-order valence-electron chi connectivity index (χ0n) is 21.6. The van der Waals surface area contributed by atoms with Gasteiger partial charge in [-0.25, -0.2) is 8.78 Å². The van der Waals surface area contributed by atoms with Gasteiger partial charge in [0.05, 0.1) is 18.1 Å². The summed E-state index contributed by atoms with van der Waals surface area (Å²) in [6, 6.07) is 2.67. The number of hydrogen-bond acceptors (Lipinski definition) is 4. The fourth-order valence-electron chi connectivity index (χ4n) is 3.03. The molecule has 1 heterocycles. The summed E-state index contributed by atoms with van der Waals surface area (Å²) in [5, 5.41) is 12.8. The fraction of sp³-hybridized carbons (Fsp3) is 0.680. The molecule has 0 spiro atoms. The van der Waals surface area contributed by atoms with Gasteiger partial charge in [0.25, 0.3) is 0 Å². The van der Waals surface area contributed by atoms with Crippen LogP contribution in [0, 0.1) is 24.5 Å². The number of halogens is 2. The molecule has 0 aromatic heterocycles. The molecule has 4 N–H and O–H groups in total. The van der Waals surface area contributed by atoms with Crippen LogP contribution in [0.3, 0.4) is 0 Å². The van der Waals surface area contributed by atoms with Crippen LogP contribution >= 0.6 is 0 Å². The summed E-state index contributed by atoms with van der Waals surface area (Å²) in [5.41, 5.74) is 6.44. The van der Waals surface area contributed by atoms with E-state index in [0.29, 0.717) is 18.5 Å². The smallest absolute Gasteiger partial charge is 0.225 e. The van der Waals surface area contributed by atoms with Gasteiger partial charge in [-0.1, -0.05) is 47.5 Å². The van der Waals surface area contributed by atoms with Gasteiger partial charge >= 0.3 is 0 Å². The summed E-state index contributed by atoms with van der Waals surface area (Å²) in [4.78, 5) is 24.9. The van der Waals surface area contributed by atoms with Gasteiger partial charge < -0.3 is 21.1 Å². The molecule has 4 atom stereocenters. The summed E-state index contributed by atoms with van der Waals surface area (Å²) in [6.07, 6.45) is 2.33. The lowest BCUT2D eigenvalue weighted by Crippen LogP contribution is -2.51. The van der Waals surface area contributed by atoms with Gasteiger partial charge in [-0.3, -0.25) is 9.59 Å². The highest BCUT2D eigenvalue weighted by Crippen LogP contribution is 2.16. The number of benzene rings is 1. The quantitative estimate of drug-likeness (QED) is 0.578. The van der Waals surface area contributed by atoms with Gasteiger partial charge in [0, 0.05) is 32.1 Å². The molecular formula is C25H45F2N3O3. The molecule has 1 aromatic rings. The maximum atomic E-state index is 12.2. The molecule has 0 saturated carbocycles. The third-order valence-corrected chi connectivity index (χ3v) is 4.66. The average Bonchev–Trinajstić information content (AvgIpc) is 3.07. The van der Waals surface area contributed by atoms with Crippen LogP contribution in [0.5, 0.6) is 0 Å². The predicted molar refractivity (Wildman–Crippen MR) is 131 cm³/mol. The molecule has 192 valence electrons. The van der Waals surface area contributed by atoms with E-state index in [9.17, 15) is 23.5 Å². The fourth-order valence-corrected chi connectivity index (χ4v) is 3.03. The lowest BCUT2D eigenvalue weighted by molar-refractivity contribution is -0.128. The van der Waals surface area contributed by atoms with Crippen LogP contribution < -0.4 is 11.1 Å². The first-order chi connectivity index (χ1) is 15.5. The number of nitrogens with one attached hydrogen (secondary N) is 1. The number of carbonyl (C=O) groups is 2. The lowest BCUT2D eigenvalue weighted by Gasteiger charge is -2.26. The molecule has 4 unspecified atom stereocenters. The number of aryl methyl sites for hydroxylation is 1. The van der Waals surface area contributed by atoms with E-state index in [4.69, 9.17) is 5.73 Å². The maximum Gasteiger partial charge on any atom is 0.225 e. The number of rotatable bonds is 6. The largest absolute Gasteiger partial charge is 0.389 e. The second kappa shape index (κ2) is 18.4. The van der Waals surface area contributed by atoms with Crippen molar-refractivity contribution in [2.75, 3.05) is 13.6 Å². The highest BCUT2D eigenvalue weighted by Gasteiger charge is 2.33.